The lowest BCUT2D eigenvalue weighted by atomic mass is 9.72. The molecule has 2 heterocycles. The molecule has 126 valence electrons. The monoisotopic (exact) mass is 386 g/mol. The smallest absolute Gasteiger partial charge is 0.133 e. The van der Waals surface area contributed by atoms with Crippen molar-refractivity contribution in [2.24, 2.45) is 5.41 Å². The lowest BCUT2D eigenvalue weighted by molar-refractivity contribution is -0.121. The van der Waals surface area contributed by atoms with Gasteiger partial charge >= 0.3 is 0 Å². The molecule has 0 aliphatic carbocycles. The zero-order chi connectivity index (χ0) is 16.6. The number of likely N-dealkylation sites (tertiary alicyclic amines) is 2. The highest BCUT2D eigenvalue weighted by Crippen LogP contribution is 2.41. The topological polar surface area (TPSA) is 15.7 Å². The van der Waals surface area contributed by atoms with Crippen molar-refractivity contribution in [2.75, 3.05) is 33.3 Å². The third-order valence-corrected chi connectivity index (χ3v) is 5.73. The van der Waals surface area contributed by atoms with Gasteiger partial charge in [0.15, 0.2) is 0 Å². The Bertz CT molecular complexity index is 705. The van der Waals surface area contributed by atoms with Gasteiger partial charge in [0.1, 0.15) is 5.75 Å². The summed E-state index contributed by atoms with van der Waals surface area (Å²) < 4.78 is 6.34. The summed E-state index contributed by atoms with van der Waals surface area (Å²) >= 11 is 3.57. The summed E-state index contributed by atoms with van der Waals surface area (Å²) in [5.74, 6) is 0.898. The number of methoxy groups -OCH3 is 1. The summed E-state index contributed by atoms with van der Waals surface area (Å²) in [6.45, 7) is 7.05. The first-order valence-corrected chi connectivity index (χ1v) is 9.26. The molecule has 4 heteroatoms. The van der Waals surface area contributed by atoms with Gasteiger partial charge in [-0.3, -0.25) is 9.80 Å². The summed E-state index contributed by atoms with van der Waals surface area (Å²) in [6.07, 6.45) is 0. The Hall–Kier alpha value is -1.36. The molecule has 0 bridgehead atoms. The average Bonchev–Trinajstić information content (AvgIpc) is 2.52. The maximum absolute atomic E-state index is 5.30. The van der Waals surface area contributed by atoms with Crippen LogP contribution in [0.25, 0.3) is 0 Å². The van der Waals surface area contributed by atoms with Crippen LogP contribution in [0.5, 0.6) is 5.75 Å². The fourth-order valence-electron chi connectivity index (χ4n) is 4.14. The lowest BCUT2D eigenvalue weighted by Gasteiger charge is -2.60. The number of hydrogen-bond acceptors (Lipinski definition) is 3. The zero-order valence-corrected chi connectivity index (χ0v) is 15.6. The van der Waals surface area contributed by atoms with E-state index in [-0.39, 0.29) is 0 Å². The molecule has 0 aromatic heterocycles. The normalized spacial score (nSPS) is 19.8. The number of benzene rings is 2. The molecule has 2 aliphatic heterocycles. The molecular formula is C20H23BrN2O. The van der Waals surface area contributed by atoms with Gasteiger partial charge in [-0.2, -0.15) is 0 Å². The van der Waals surface area contributed by atoms with E-state index in [1.807, 2.05) is 6.07 Å². The molecule has 1 spiro atoms. The Morgan fingerprint density at radius 3 is 2.12 bits per heavy atom. The highest BCUT2D eigenvalue weighted by atomic mass is 79.9. The van der Waals surface area contributed by atoms with Gasteiger partial charge < -0.3 is 4.74 Å². The number of ether oxygens (including phenoxy) is 1. The van der Waals surface area contributed by atoms with Crippen LogP contribution >= 0.6 is 15.9 Å². The molecule has 2 aliphatic rings. The van der Waals surface area contributed by atoms with Crippen LogP contribution in [0.1, 0.15) is 11.1 Å². The van der Waals surface area contributed by atoms with E-state index in [0.717, 1.165) is 23.3 Å². The fourth-order valence-corrected chi connectivity index (χ4v) is 4.72. The van der Waals surface area contributed by atoms with Crippen molar-refractivity contribution < 1.29 is 4.74 Å². The van der Waals surface area contributed by atoms with Crippen molar-refractivity contribution in [3.05, 3.63) is 64.1 Å². The molecule has 0 atom stereocenters. The predicted molar refractivity (Wildman–Crippen MR) is 100 cm³/mol. The van der Waals surface area contributed by atoms with Gasteiger partial charge in [0.2, 0.25) is 0 Å². The number of rotatable bonds is 5. The van der Waals surface area contributed by atoms with Crippen LogP contribution in [0.4, 0.5) is 0 Å². The molecule has 24 heavy (non-hydrogen) atoms. The molecule has 0 saturated carbocycles. The minimum absolute atomic E-state index is 0.554. The molecule has 0 amide bonds. The average molecular weight is 387 g/mol. The first-order chi connectivity index (χ1) is 11.7. The quantitative estimate of drug-likeness (QED) is 0.777. The SMILES string of the molecule is COc1ccc(CN2CC3(CN(Cc4ccccc4)C3)C2)cc1Br. The number of hydrogen-bond donors (Lipinski definition) is 0. The van der Waals surface area contributed by atoms with Crippen LogP contribution < -0.4 is 4.74 Å². The van der Waals surface area contributed by atoms with E-state index in [1.165, 1.54) is 37.3 Å². The van der Waals surface area contributed by atoms with Crippen LogP contribution in [0.15, 0.2) is 53.0 Å². The fraction of sp³-hybridized carbons (Fsp3) is 0.400. The summed E-state index contributed by atoms with van der Waals surface area (Å²) in [5.41, 5.74) is 3.32. The minimum Gasteiger partial charge on any atom is -0.496 e. The Morgan fingerprint density at radius 2 is 1.54 bits per heavy atom. The number of nitrogens with zero attached hydrogens (tertiary/aromatic N) is 2. The van der Waals surface area contributed by atoms with Gasteiger partial charge in [0.05, 0.1) is 11.6 Å². The van der Waals surface area contributed by atoms with Crippen LogP contribution in [0, 0.1) is 5.41 Å². The first-order valence-electron chi connectivity index (χ1n) is 8.47. The Kier molecular flexibility index (Phi) is 4.37. The predicted octanol–water partition coefficient (Wildman–Crippen LogP) is 3.78. The lowest BCUT2D eigenvalue weighted by Crippen LogP contribution is -2.71. The van der Waals surface area contributed by atoms with Gasteiger partial charge in [0.25, 0.3) is 0 Å². The van der Waals surface area contributed by atoms with Crippen LogP contribution in [0.2, 0.25) is 0 Å². The van der Waals surface area contributed by atoms with Gasteiger partial charge in [-0.25, -0.2) is 0 Å². The molecule has 2 fully saturated rings. The van der Waals surface area contributed by atoms with Crippen molar-refractivity contribution in [3.8, 4) is 5.75 Å². The highest BCUT2D eigenvalue weighted by molar-refractivity contribution is 9.10. The molecule has 0 unspecified atom stereocenters. The zero-order valence-electron chi connectivity index (χ0n) is 14.0. The van der Waals surface area contributed by atoms with Gasteiger partial charge in [-0.15, -0.1) is 0 Å². The minimum atomic E-state index is 0.554. The van der Waals surface area contributed by atoms with Crippen molar-refractivity contribution in [1.29, 1.82) is 0 Å². The summed E-state index contributed by atoms with van der Waals surface area (Å²) in [4.78, 5) is 5.12. The van der Waals surface area contributed by atoms with Gasteiger partial charge in [-0.05, 0) is 39.2 Å². The largest absolute Gasteiger partial charge is 0.496 e. The number of halogens is 1. The molecule has 2 saturated heterocycles. The maximum atomic E-state index is 5.30. The standard InChI is InChI=1S/C20H23BrN2O/c1-24-19-8-7-17(9-18(19)21)11-23-14-20(15-23)12-22(13-20)10-16-5-3-2-4-6-16/h2-9H,10-15H2,1H3. The van der Waals surface area contributed by atoms with Crippen LogP contribution in [0.3, 0.4) is 0 Å². The van der Waals surface area contributed by atoms with E-state index in [4.69, 9.17) is 4.74 Å². The second kappa shape index (κ2) is 6.51. The Labute approximate surface area is 152 Å². The van der Waals surface area contributed by atoms with E-state index < -0.39 is 0 Å². The van der Waals surface area contributed by atoms with Gasteiger partial charge in [-0.1, -0.05) is 36.4 Å². The van der Waals surface area contributed by atoms with Crippen molar-refractivity contribution >= 4 is 15.9 Å². The molecular weight excluding hydrogens is 364 g/mol. The second-order valence-electron chi connectivity index (χ2n) is 7.24. The Balaban J connectivity index is 1.25. The van der Waals surface area contributed by atoms with E-state index in [1.54, 1.807) is 7.11 Å². The summed E-state index contributed by atoms with van der Waals surface area (Å²) in [5, 5.41) is 0. The van der Waals surface area contributed by atoms with E-state index in [0.29, 0.717) is 5.41 Å². The second-order valence-corrected chi connectivity index (χ2v) is 8.10. The third-order valence-electron chi connectivity index (χ3n) is 5.11. The van der Waals surface area contributed by atoms with E-state index >= 15 is 0 Å². The highest BCUT2D eigenvalue weighted by Gasteiger charge is 2.51. The summed E-state index contributed by atoms with van der Waals surface area (Å²) in [7, 11) is 1.71. The third kappa shape index (κ3) is 3.23. The molecule has 0 radical (unpaired) electrons. The van der Waals surface area contributed by atoms with Crippen molar-refractivity contribution in [3.63, 3.8) is 0 Å². The first kappa shape index (κ1) is 16.1. The van der Waals surface area contributed by atoms with E-state index in [2.05, 4.69) is 68.2 Å². The van der Waals surface area contributed by atoms with Crippen molar-refractivity contribution in [1.82, 2.24) is 9.80 Å². The van der Waals surface area contributed by atoms with Crippen molar-refractivity contribution in [2.45, 2.75) is 13.1 Å². The van der Waals surface area contributed by atoms with Crippen LogP contribution in [-0.4, -0.2) is 43.1 Å². The van der Waals surface area contributed by atoms with Gasteiger partial charge in [0, 0.05) is 44.7 Å². The molecule has 4 rings (SSSR count). The Morgan fingerprint density at radius 1 is 0.917 bits per heavy atom. The summed E-state index contributed by atoms with van der Waals surface area (Å²) in [6, 6.07) is 17.2. The van der Waals surface area contributed by atoms with Crippen LogP contribution in [-0.2, 0) is 13.1 Å². The molecule has 2 aromatic carbocycles. The molecule has 0 N–H and O–H groups in total. The molecule has 3 nitrogen and oxygen atoms in total. The maximum Gasteiger partial charge on any atom is 0.133 e. The molecule has 2 aromatic rings. The van der Waals surface area contributed by atoms with E-state index in [9.17, 15) is 0 Å².